The normalized spacial score (nSPS) is 23.7. The number of aryl methyl sites for hydroxylation is 1. The molecule has 1 saturated heterocycles. The lowest BCUT2D eigenvalue weighted by molar-refractivity contribution is -0.148. The summed E-state index contributed by atoms with van der Waals surface area (Å²) >= 11 is 1.48. The Hall–Kier alpha value is -2.88. The molecule has 1 aliphatic heterocycles. The van der Waals surface area contributed by atoms with E-state index in [1.807, 2.05) is 75.4 Å². The summed E-state index contributed by atoms with van der Waals surface area (Å²) < 4.78 is -0.566. The van der Waals surface area contributed by atoms with Crippen molar-refractivity contribution in [3.05, 3.63) is 71.3 Å². The first-order valence-corrected chi connectivity index (χ1v) is 14.5. The number of carbonyl (C=O) groups is 3. The van der Waals surface area contributed by atoms with Gasteiger partial charge in [0.2, 0.25) is 11.8 Å². The molecule has 0 spiro atoms. The van der Waals surface area contributed by atoms with Crippen LogP contribution in [0.1, 0.15) is 49.8 Å². The lowest BCUT2D eigenvalue weighted by Crippen LogP contribution is -2.59. The second-order valence-corrected chi connectivity index (χ2v) is 12.7. The zero-order chi connectivity index (χ0) is 28.2. The van der Waals surface area contributed by atoms with Gasteiger partial charge in [0.15, 0.2) is 6.10 Å². The molecule has 9 heteroatoms. The van der Waals surface area contributed by atoms with E-state index in [0.717, 1.165) is 16.7 Å². The van der Waals surface area contributed by atoms with Crippen LogP contribution in [0.4, 0.5) is 0 Å². The Balaban J connectivity index is 1.50. The fourth-order valence-corrected chi connectivity index (χ4v) is 6.59. The zero-order valence-electron chi connectivity index (χ0n) is 22.8. The largest absolute Gasteiger partial charge is 0.393 e. The lowest BCUT2D eigenvalue weighted by Gasteiger charge is -2.33. The van der Waals surface area contributed by atoms with Crippen molar-refractivity contribution in [1.29, 1.82) is 0 Å². The minimum atomic E-state index is -1.54. The topological polar surface area (TPSA) is 119 Å². The second-order valence-electron chi connectivity index (χ2n) is 11.1. The monoisotopic (exact) mass is 553 g/mol. The summed E-state index contributed by atoms with van der Waals surface area (Å²) in [5, 5.41) is 27.1. The number of nitrogens with zero attached hydrogens (tertiary/aromatic N) is 1. The number of carbonyl (C=O) groups excluding carboxylic acids is 3. The van der Waals surface area contributed by atoms with Crippen molar-refractivity contribution in [2.75, 3.05) is 5.88 Å². The van der Waals surface area contributed by atoms with Crippen LogP contribution < -0.4 is 10.6 Å². The molecule has 2 aliphatic rings. The number of hydrogen-bond acceptors (Lipinski definition) is 6. The quantitative estimate of drug-likeness (QED) is 0.379. The van der Waals surface area contributed by atoms with Crippen LogP contribution in [-0.2, 0) is 27.3 Å². The van der Waals surface area contributed by atoms with E-state index in [-0.39, 0.29) is 30.0 Å². The van der Waals surface area contributed by atoms with Crippen LogP contribution in [0.3, 0.4) is 0 Å². The SMILES string of the molecule is Cc1ccccc1CNC(=O)[C@H]1N(C(=O)[C@@H](O)[C@H](Cc2ccccc2)NC(=O)C2CC[C@H](O)C2)CSC1(C)C. The Morgan fingerprint density at radius 1 is 1.05 bits per heavy atom. The highest BCUT2D eigenvalue weighted by molar-refractivity contribution is 8.00. The Bertz CT molecular complexity index is 1170. The third-order valence-electron chi connectivity index (χ3n) is 7.83. The number of nitrogens with one attached hydrogen (secondary N) is 2. The molecule has 210 valence electrons. The summed E-state index contributed by atoms with van der Waals surface area (Å²) in [5.41, 5.74) is 2.93. The first-order chi connectivity index (χ1) is 18.6. The van der Waals surface area contributed by atoms with Gasteiger partial charge in [0.1, 0.15) is 6.04 Å². The van der Waals surface area contributed by atoms with Crippen molar-refractivity contribution < 1.29 is 24.6 Å². The van der Waals surface area contributed by atoms with Crippen LogP contribution in [0.5, 0.6) is 0 Å². The van der Waals surface area contributed by atoms with Gasteiger partial charge in [-0.05, 0) is 63.1 Å². The van der Waals surface area contributed by atoms with E-state index in [0.29, 0.717) is 25.8 Å². The Labute approximate surface area is 234 Å². The van der Waals surface area contributed by atoms with E-state index in [1.54, 1.807) is 0 Å². The van der Waals surface area contributed by atoms with Gasteiger partial charge in [-0.25, -0.2) is 0 Å². The molecule has 5 atom stereocenters. The Morgan fingerprint density at radius 3 is 2.41 bits per heavy atom. The summed E-state index contributed by atoms with van der Waals surface area (Å²) in [7, 11) is 0. The molecule has 1 saturated carbocycles. The Kier molecular flexibility index (Phi) is 9.35. The van der Waals surface area contributed by atoms with Gasteiger partial charge < -0.3 is 25.7 Å². The average molecular weight is 554 g/mol. The van der Waals surface area contributed by atoms with Crippen molar-refractivity contribution in [2.45, 2.75) is 82.0 Å². The molecule has 1 aliphatic carbocycles. The van der Waals surface area contributed by atoms with E-state index in [1.165, 1.54) is 16.7 Å². The maximum Gasteiger partial charge on any atom is 0.254 e. The molecule has 8 nitrogen and oxygen atoms in total. The number of benzene rings is 2. The molecular formula is C30H39N3O5S. The van der Waals surface area contributed by atoms with Crippen LogP contribution in [-0.4, -0.2) is 67.7 Å². The molecule has 0 bridgehead atoms. The zero-order valence-corrected chi connectivity index (χ0v) is 23.6. The van der Waals surface area contributed by atoms with E-state index in [4.69, 9.17) is 0 Å². The predicted octanol–water partition coefficient (Wildman–Crippen LogP) is 2.54. The smallest absolute Gasteiger partial charge is 0.254 e. The number of amides is 3. The van der Waals surface area contributed by atoms with Gasteiger partial charge in [-0.3, -0.25) is 14.4 Å². The van der Waals surface area contributed by atoms with Crippen LogP contribution in [0.25, 0.3) is 0 Å². The molecule has 39 heavy (non-hydrogen) atoms. The molecule has 0 aromatic heterocycles. The third kappa shape index (κ3) is 7.01. The van der Waals surface area contributed by atoms with Crippen LogP contribution >= 0.6 is 11.8 Å². The highest BCUT2D eigenvalue weighted by atomic mass is 32.2. The highest BCUT2D eigenvalue weighted by Gasteiger charge is 2.50. The number of rotatable bonds is 9. The number of aliphatic hydroxyl groups is 2. The third-order valence-corrected chi connectivity index (χ3v) is 9.20. The fourth-order valence-electron chi connectivity index (χ4n) is 5.45. The van der Waals surface area contributed by atoms with Crippen LogP contribution in [0.2, 0.25) is 0 Å². The van der Waals surface area contributed by atoms with Crippen LogP contribution in [0.15, 0.2) is 54.6 Å². The summed E-state index contributed by atoms with van der Waals surface area (Å²) in [5.74, 6) is -1.24. The average Bonchev–Trinajstić information content (AvgIpc) is 3.49. The Morgan fingerprint density at radius 2 is 1.74 bits per heavy atom. The molecule has 0 radical (unpaired) electrons. The van der Waals surface area contributed by atoms with Gasteiger partial charge in [0, 0.05) is 17.2 Å². The fraction of sp³-hybridized carbons (Fsp3) is 0.500. The van der Waals surface area contributed by atoms with Crippen molar-refractivity contribution in [3.8, 4) is 0 Å². The standard InChI is InChI=1S/C30H39N3O5S/c1-19-9-7-8-12-22(19)17-31-28(37)26-30(2,3)39-18-33(26)29(38)25(35)24(15-20-10-5-4-6-11-20)32-27(36)21-13-14-23(34)16-21/h4-12,21,23-26,34-35H,13-18H2,1-3H3,(H,31,37)(H,32,36)/t21?,23-,24-,25-,26+/m0/s1. The summed E-state index contributed by atoms with van der Waals surface area (Å²) in [6.07, 6.45) is -0.307. The maximum atomic E-state index is 13.8. The molecule has 4 rings (SSSR count). The number of aliphatic hydroxyl groups excluding tert-OH is 2. The minimum Gasteiger partial charge on any atom is -0.393 e. The molecular weight excluding hydrogens is 514 g/mol. The molecule has 1 heterocycles. The van der Waals surface area contributed by atoms with E-state index in [9.17, 15) is 24.6 Å². The molecule has 2 aromatic carbocycles. The molecule has 3 amide bonds. The van der Waals surface area contributed by atoms with Gasteiger partial charge in [-0.1, -0.05) is 54.6 Å². The lowest BCUT2D eigenvalue weighted by atomic mass is 9.96. The number of hydrogen-bond donors (Lipinski definition) is 4. The van der Waals surface area contributed by atoms with Crippen molar-refractivity contribution in [3.63, 3.8) is 0 Å². The summed E-state index contributed by atoms with van der Waals surface area (Å²) in [6, 6.07) is 15.5. The van der Waals surface area contributed by atoms with Gasteiger partial charge in [0.25, 0.3) is 5.91 Å². The molecule has 4 N–H and O–H groups in total. The minimum absolute atomic E-state index is 0.253. The van der Waals surface area contributed by atoms with Gasteiger partial charge in [-0.15, -0.1) is 11.8 Å². The predicted molar refractivity (Wildman–Crippen MR) is 152 cm³/mol. The highest BCUT2D eigenvalue weighted by Crippen LogP contribution is 2.40. The van der Waals surface area contributed by atoms with E-state index in [2.05, 4.69) is 10.6 Å². The van der Waals surface area contributed by atoms with Crippen LogP contribution in [0, 0.1) is 12.8 Å². The van der Waals surface area contributed by atoms with E-state index < -0.39 is 34.9 Å². The second kappa shape index (κ2) is 12.5. The van der Waals surface area contributed by atoms with E-state index >= 15 is 0 Å². The molecule has 1 unspecified atom stereocenters. The summed E-state index contributed by atoms with van der Waals surface area (Å²) in [6.45, 7) is 6.16. The van der Waals surface area contributed by atoms with Gasteiger partial charge in [-0.2, -0.15) is 0 Å². The summed E-state index contributed by atoms with van der Waals surface area (Å²) in [4.78, 5) is 41.7. The first-order valence-electron chi connectivity index (χ1n) is 13.5. The number of thioether (sulfide) groups is 1. The van der Waals surface area contributed by atoms with Crippen molar-refractivity contribution in [2.24, 2.45) is 5.92 Å². The molecule has 2 fully saturated rings. The van der Waals surface area contributed by atoms with Crippen molar-refractivity contribution >= 4 is 29.5 Å². The molecule has 2 aromatic rings. The van der Waals surface area contributed by atoms with Gasteiger partial charge in [0.05, 0.1) is 18.0 Å². The first kappa shape index (κ1) is 29.1. The van der Waals surface area contributed by atoms with Gasteiger partial charge >= 0.3 is 0 Å². The van der Waals surface area contributed by atoms with Crippen molar-refractivity contribution in [1.82, 2.24) is 15.5 Å². The maximum absolute atomic E-state index is 13.8.